The van der Waals surface area contributed by atoms with Crippen molar-refractivity contribution < 1.29 is 20.1 Å². The van der Waals surface area contributed by atoms with Gasteiger partial charge in [0.25, 0.3) is 0 Å². The van der Waals surface area contributed by atoms with E-state index in [0.29, 0.717) is 17.8 Å². The van der Waals surface area contributed by atoms with Crippen molar-refractivity contribution in [1.29, 1.82) is 0 Å². The van der Waals surface area contributed by atoms with Crippen molar-refractivity contribution in [2.75, 3.05) is 0 Å². The average Bonchev–Trinajstić information content (AvgIpc) is 2.47. The Kier molecular flexibility index (Phi) is 4.53. The van der Waals surface area contributed by atoms with Gasteiger partial charge in [0.2, 0.25) is 0 Å². The van der Waals surface area contributed by atoms with Crippen LogP contribution in [0, 0.1) is 0 Å². The first-order valence-electron chi connectivity index (χ1n) is 6.39. The van der Waals surface area contributed by atoms with E-state index in [2.05, 4.69) is 16.8 Å². The van der Waals surface area contributed by atoms with E-state index in [1.807, 2.05) is 0 Å². The van der Waals surface area contributed by atoms with Crippen LogP contribution in [0.4, 0.5) is 11.4 Å². The van der Waals surface area contributed by atoms with Gasteiger partial charge in [-0.15, -0.1) is 0 Å². The molecule has 0 radical (unpaired) electrons. The van der Waals surface area contributed by atoms with Gasteiger partial charge in [0.15, 0.2) is 0 Å². The summed E-state index contributed by atoms with van der Waals surface area (Å²) in [6.07, 6.45) is 0.372. The molecule has 2 aromatic carbocycles. The Morgan fingerprint density at radius 3 is 2.18 bits per heavy atom. The first-order chi connectivity index (χ1) is 10.5. The zero-order chi connectivity index (χ0) is 16.1. The van der Waals surface area contributed by atoms with Gasteiger partial charge in [-0.25, -0.2) is 4.79 Å². The van der Waals surface area contributed by atoms with E-state index in [-0.39, 0.29) is 17.1 Å². The van der Waals surface area contributed by atoms with Crippen LogP contribution in [0.1, 0.15) is 15.9 Å². The summed E-state index contributed by atoms with van der Waals surface area (Å²) in [5.74, 6) is -1.47. The highest BCUT2D eigenvalue weighted by atomic mass is 16.4. The maximum Gasteiger partial charge on any atom is 0.339 e. The molecule has 0 saturated carbocycles. The SMILES string of the molecule is C=C(O)Cc1ccc(N=Nc2ccc(O)c(C(=O)O)c2)cc1. The number of allylic oxidation sites excluding steroid dienone is 1. The standard InChI is InChI=1S/C16H14N2O4/c1-10(19)8-11-2-4-12(5-3-11)17-18-13-6-7-15(20)14(9-13)16(21)22/h2-7,9,19-20H,1,8H2,(H,21,22). The van der Waals surface area contributed by atoms with Crippen LogP contribution < -0.4 is 0 Å². The van der Waals surface area contributed by atoms with E-state index in [1.54, 1.807) is 24.3 Å². The third-order valence-corrected chi connectivity index (χ3v) is 2.84. The number of aromatic hydroxyl groups is 1. The number of benzene rings is 2. The summed E-state index contributed by atoms with van der Waals surface area (Å²) >= 11 is 0. The predicted molar refractivity (Wildman–Crippen MR) is 81.2 cm³/mol. The molecule has 0 aromatic heterocycles. The highest BCUT2D eigenvalue weighted by Crippen LogP contribution is 2.25. The molecule has 6 nitrogen and oxygen atoms in total. The Morgan fingerprint density at radius 1 is 1.00 bits per heavy atom. The molecule has 0 fully saturated rings. The van der Waals surface area contributed by atoms with Crippen molar-refractivity contribution in [3.05, 3.63) is 65.9 Å². The van der Waals surface area contributed by atoms with E-state index in [1.165, 1.54) is 18.2 Å². The summed E-state index contributed by atoms with van der Waals surface area (Å²) in [7, 11) is 0. The van der Waals surface area contributed by atoms with Gasteiger partial charge in [-0.3, -0.25) is 0 Å². The Morgan fingerprint density at radius 2 is 1.59 bits per heavy atom. The van der Waals surface area contributed by atoms with E-state index >= 15 is 0 Å². The fourth-order valence-corrected chi connectivity index (χ4v) is 1.79. The summed E-state index contributed by atoms with van der Waals surface area (Å²) in [5, 5.41) is 35.4. The quantitative estimate of drug-likeness (QED) is 0.570. The van der Waals surface area contributed by atoms with Gasteiger partial charge in [-0.1, -0.05) is 18.7 Å². The molecule has 0 amide bonds. The van der Waals surface area contributed by atoms with Crippen molar-refractivity contribution in [3.63, 3.8) is 0 Å². The van der Waals surface area contributed by atoms with Crippen LogP contribution in [0.3, 0.4) is 0 Å². The number of aromatic carboxylic acids is 1. The molecular weight excluding hydrogens is 284 g/mol. The van der Waals surface area contributed by atoms with Crippen molar-refractivity contribution >= 4 is 17.3 Å². The molecule has 0 atom stereocenters. The Labute approximate surface area is 126 Å². The number of carboxylic acid groups (broad SMARTS) is 1. The number of nitrogens with zero attached hydrogens (tertiary/aromatic N) is 2. The molecule has 6 heteroatoms. The average molecular weight is 298 g/mol. The lowest BCUT2D eigenvalue weighted by Crippen LogP contribution is -1.95. The van der Waals surface area contributed by atoms with Crippen LogP contribution in [-0.4, -0.2) is 21.3 Å². The van der Waals surface area contributed by atoms with E-state index in [9.17, 15) is 9.90 Å². The molecule has 22 heavy (non-hydrogen) atoms. The second-order valence-electron chi connectivity index (χ2n) is 4.62. The first kappa shape index (κ1) is 15.2. The lowest BCUT2D eigenvalue weighted by Gasteiger charge is -2.01. The van der Waals surface area contributed by atoms with E-state index in [0.717, 1.165) is 5.56 Å². The van der Waals surface area contributed by atoms with Crippen molar-refractivity contribution in [3.8, 4) is 5.75 Å². The Bertz CT molecular complexity index is 736. The van der Waals surface area contributed by atoms with Crippen LogP contribution in [0.2, 0.25) is 0 Å². The molecule has 0 saturated heterocycles. The number of azo groups is 1. The lowest BCUT2D eigenvalue weighted by molar-refractivity contribution is 0.0694. The first-order valence-corrected chi connectivity index (χ1v) is 6.39. The number of aliphatic hydroxyl groups is 1. The number of aliphatic hydroxyl groups excluding tert-OH is 1. The van der Waals surface area contributed by atoms with Gasteiger partial charge in [0.05, 0.1) is 17.1 Å². The number of rotatable bonds is 5. The van der Waals surface area contributed by atoms with Crippen LogP contribution in [0.15, 0.2) is 65.0 Å². The second-order valence-corrected chi connectivity index (χ2v) is 4.62. The molecule has 0 aliphatic carbocycles. The topological polar surface area (TPSA) is 102 Å². The number of carbonyl (C=O) groups is 1. The van der Waals surface area contributed by atoms with E-state index in [4.69, 9.17) is 10.2 Å². The molecular formula is C16H14N2O4. The molecule has 0 aliphatic heterocycles. The van der Waals surface area contributed by atoms with Crippen LogP contribution in [-0.2, 0) is 6.42 Å². The maximum atomic E-state index is 10.9. The minimum Gasteiger partial charge on any atom is -0.513 e. The van der Waals surface area contributed by atoms with Gasteiger partial charge in [-0.05, 0) is 35.9 Å². The van der Waals surface area contributed by atoms with Crippen molar-refractivity contribution in [2.45, 2.75) is 6.42 Å². The highest BCUT2D eigenvalue weighted by Gasteiger charge is 2.09. The number of carboxylic acids is 1. The maximum absolute atomic E-state index is 10.9. The fraction of sp³-hybridized carbons (Fsp3) is 0.0625. The fourth-order valence-electron chi connectivity index (χ4n) is 1.79. The van der Waals surface area contributed by atoms with Gasteiger partial charge in [0.1, 0.15) is 11.3 Å². The molecule has 2 aromatic rings. The smallest absolute Gasteiger partial charge is 0.339 e. The molecule has 3 N–H and O–H groups in total. The largest absolute Gasteiger partial charge is 0.513 e. The summed E-state index contributed by atoms with van der Waals surface area (Å²) in [6, 6.07) is 11.0. The Hall–Kier alpha value is -3.15. The summed E-state index contributed by atoms with van der Waals surface area (Å²) in [6.45, 7) is 3.42. The van der Waals surface area contributed by atoms with Gasteiger partial charge in [-0.2, -0.15) is 10.2 Å². The van der Waals surface area contributed by atoms with Crippen LogP contribution in [0.25, 0.3) is 0 Å². The van der Waals surface area contributed by atoms with Crippen LogP contribution >= 0.6 is 0 Å². The minimum atomic E-state index is -1.23. The lowest BCUT2D eigenvalue weighted by atomic mass is 10.1. The second kappa shape index (κ2) is 6.53. The zero-order valence-corrected chi connectivity index (χ0v) is 11.6. The summed E-state index contributed by atoms with van der Waals surface area (Å²) in [5.41, 5.74) is 1.57. The van der Waals surface area contributed by atoms with Crippen molar-refractivity contribution in [1.82, 2.24) is 0 Å². The highest BCUT2D eigenvalue weighted by molar-refractivity contribution is 5.91. The third-order valence-electron chi connectivity index (χ3n) is 2.84. The third kappa shape index (κ3) is 3.92. The Balaban J connectivity index is 2.16. The molecule has 112 valence electrons. The monoisotopic (exact) mass is 298 g/mol. The normalized spacial score (nSPS) is 10.7. The predicted octanol–water partition coefficient (Wildman–Crippen LogP) is 4.12. The molecule has 0 spiro atoms. The number of phenols is 1. The van der Waals surface area contributed by atoms with Crippen molar-refractivity contribution in [2.24, 2.45) is 10.2 Å². The number of hydrogen-bond acceptors (Lipinski definition) is 5. The van der Waals surface area contributed by atoms with Gasteiger partial charge < -0.3 is 15.3 Å². The van der Waals surface area contributed by atoms with Gasteiger partial charge in [0, 0.05) is 6.42 Å². The molecule has 0 unspecified atom stereocenters. The molecule has 0 aliphatic rings. The molecule has 0 heterocycles. The van der Waals surface area contributed by atoms with Gasteiger partial charge >= 0.3 is 5.97 Å². The van der Waals surface area contributed by atoms with E-state index < -0.39 is 5.97 Å². The zero-order valence-electron chi connectivity index (χ0n) is 11.6. The minimum absolute atomic E-state index is 0.0830. The molecule has 2 rings (SSSR count). The molecule has 0 bridgehead atoms. The summed E-state index contributed by atoms with van der Waals surface area (Å²) < 4.78 is 0. The van der Waals surface area contributed by atoms with Crippen LogP contribution in [0.5, 0.6) is 5.75 Å². The summed E-state index contributed by atoms with van der Waals surface area (Å²) in [4.78, 5) is 10.9. The number of hydrogen-bond donors (Lipinski definition) is 3.